The molecule has 0 saturated heterocycles. The molecule has 4 nitrogen and oxygen atoms in total. The van der Waals surface area contributed by atoms with Crippen molar-refractivity contribution in [3.05, 3.63) is 30.3 Å². The second kappa shape index (κ2) is 5.01. The van der Waals surface area contributed by atoms with Gasteiger partial charge in [0.2, 0.25) is 0 Å². The fraction of sp³-hybridized carbons (Fsp3) is 0.200. The van der Waals surface area contributed by atoms with Crippen LogP contribution in [0, 0.1) is 0 Å². The lowest BCUT2D eigenvalue weighted by molar-refractivity contribution is -0.127. The average Bonchev–Trinajstić information content (AvgIpc) is 2.21. The van der Waals surface area contributed by atoms with E-state index >= 15 is 0 Å². The molecule has 74 valence electrons. The Hall–Kier alpha value is -1.84. The van der Waals surface area contributed by atoms with Crippen LogP contribution in [0.4, 0.5) is 0 Å². The number of nitrogens with zero attached hydrogens (tertiary/aromatic N) is 1. The molecule has 1 N–H and O–H groups in total. The van der Waals surface area contributed by atoms with Gasteiger partial charge in [0.25, 0.3) is 0 Å². The number of ether oxygens (including phenoxy) is 1. The molecule has 0 aromatic heterocycles. The predicted octanol–water partition coefficient (Wildman–Crippen LogP) is 1.83. The Kier molecular flexibility index (Phi) is 3.67. The second-order valence-electron chi connectivity index (χ2n) is 2.60. The van der Waals surface area contributed by atoms with Gasteiger partial charge in [0.1, 0.15) is 5.75 Å². The van der Waals surface area contributed by atoms with E-state index in [1.807, 2.05) is 6.07 Å². The van der Waals surface area contributed by atoms with E-state index < -0.39 is 5.97 Å². The van der Waals surface area contributed by atoms with Gasteiger partial charge in [-0.1, -0.05) is 30.3 Å². The number of para-hydroxylation sites is 1. The number of esters is 1. The van der Waals surface area contributed by atoms with E-state index in [9.17, 15) is 4.79 Å². The average molecular weight is 193 g/mol. The molecule has 0 unspecified atom stereocenters. The smallest absolute Gasteiger partial charge is 0.361 e. The molecule has 4 heteroatoms. The van der Waals surface area contributed by atoms with Crippen LogP contribution >= 0.6 is 0 Å². The van der Waals surface area contributed by atoms with E-state index in [2.05, 4.69) is 5.16 Å². The van der Waals surface area contributed by atoms with Crippen LogP contribution in [0.15, 0.2) is 35.5 Å². The van der Waals surface area contributed by atoms with E-state index in [-0.39, 0.29) is 5.71 Å². The van der Waals surface area contributed by atoms with Gasteiger partial charge in [-0.05, 0) is 18.6 Å². The van der Waals surface area contributed by atoms with Crippen molar-refractivity contribution in [1.29, 1.82) is 0 Å². The molecule has 0 radical (unpaired) electrons. The molecule has 1 aromatic carbocycles. The van der Waals surface area contributed by atoms with Crippen LogP contribution in [-0.2, 0) is 4.79 Å². The van der Waals surface area contributed by atoms with Gasteiger partial charge < -0.3 is 9.94 Å². The first-order valence-corrected chi connectivity index (χ1v) is 4.26. The first kappa shape index (κ1) is 10.2. The van der Waals surface area contributed by atoms with Crippen LogP contribution < -0.4 is 4.74 Å². The first-order chi connectivity index (χ1) is 6.77. The minimum atomic E-state index is -0.624. The third kappa shape index (κ3) is 2.58. The topological polar surface area (TPSA) is 58.9 Å². The van der Waals surface area contributed by atoms with Crippen molar-refractivity contribution in [3.8, 4) is 5.75 Å². The zero-order chi connectivity index (χ0) is 10.4. The Morgan fingerprint density at radius 2 is 2.07 bits per heavy atom. The number of benzene rings is 1. The van der Waals surface area contributed by atoms with Gasteiger partial charge >= 0.3 is 5.97 Å². The number of carbonyl (C=O) groups excluding carboxylic acids is 1. The summed E-state index contributed by atoms with van der Waals surface area (Å²) in [5.74, 6) is -0.187. The standard InChI is InChI=1S/C10H11NO3/c1-2-9(11-13)10(12)14-8-6-4-3-5-7-8/h3-7,13H,2H2,1H3. The third-order valence-corrected chi connectivity index (χ3v) is 1.64. The summed E-state index contributed by atoms with van der Waals surface area (Å²) < 4.78 is 4.93. The Morgan fingerprint density at radius 1 is 1.43 bits per heavy atom. The van der Waals surface area contributed by atoms with E-state index in [1.54, 1.807) is 31.2 Å². The van der Waals surface area contributed by atoms with Crippen LogP contribution in [0.2, 0.25) is 0 Å². The van der Waals surface area contributed by atoms with Gasteiger partial charge in [0, 0.05) is 0 Å². The summed E-state index contributed by atoms with van der Waals surface area (Å²) >= 11 is 0. The van der Waals surface area contributed by atoms with E-state index in [1.165, 1.54) is 0 Å². The minimum absolute atomic E-state index is 0.00820. The summed E-state index contributed by atoms with van der Waals surface area (Å²) in [6.07, 6.45) is 0.335. The fourth-order valence-corrected chi connectivity index (χ4v) is 0.910. The molecule has 1 rings (SSSR count). The molecule has 0 spiro atoms. The number of carbonyl (C=O) groups is 1. The van der Waals surface area contributed by atoms with Crippen molar-refractivity contribution < 1.29 is 14.7 Å². The number of hydrogen-bond donors (Lipinski definition) is 1. The molecule has 0 aliphatic rings. The number of oxime groups is 1. The van der Waals surface area contributed by atoms with Crippen molar-refractivity contribution in [1.82, 2.24) is 0 Å². The molecule has 0 saturated carbocycles. The zero-order valence-corrected chi connectivity index (χ0v) is 7.80. The van der Waals surface area contributed by atoms with E-state index in [4.69, 9.17) is 9.94 Å². The summed E-state index contributed by atoms with van der Waals surface area (Å²) in [5, 5.41) is 11.3. The monoisotopic (exact) mass is 193 g/mol. The van der Waals surface area contributed by atoms with Crippen LogP contribution in [0.5, 0.6) is 5.75 Å². The van der Waals surface area contributed by atoms with Crippen molar-refractivity contribution >= 4 is 11.7 Å². The third-order valence-electron chi connectivity index (χ3n) is 1.64. The predicted molar refractivity (Wildman–Crippen MR) is 51.6 cm³/mol. The highest BCUT2D eigenvalue weighted by Crippen LogP contribution is 2.09. The fourth-order valence-electron chi connectivity index (χ4n) is 0.910. The maximum atomic E-state index is 11.3. The molecular weight excluding hydrogens is 182 g/mol. The van der Waals surface area contributed by atoms with Crippen LogP contribution in [0.25, 0.3) is 0 Å². The molecule has 0 aliphatic carbocycles. The highest BCUT2D eigenvalue weighted by Gasteiger charge is 2.11. The van der Waals surface area contributed by atoms with Crippen LogP contribution in [-0.4, -0.2) is 16.9 Å². The van der Waals surface area contributed by atoms with Gasteiger partial charge in [0.15, 0.2) is 5.71 Å². The van der Waals surface area contributed by atoms with Gasteiger partial charge in [-0.15, -0.1) is 0 Å². The van der Waals surface area contributed by atoms with E-state index in [0.29, 0.717) is 12.2 Å². The molecule has 14 heavy (non-hydrogen) atoms. The molecule has 0 aliphatic heterocycles. The van der Waals surface area contributed by atoms with Crippen molar-refractivity contribution in [3.63, 3.8) is 0 Å². The lowest BCUT2D eigenvalue weighted by Crippen LogP contribution is -2.19. The van der Waals surface area contributed by atoms with Crippen LogP contribution in [0.3, 0.4) is 0 Å². The van der Waals surface area contributed by atoms with Gasteiger partial charge in [-0.3, -0.25) is 0 Å². The maximum absolute atomic E-state index is 11.3. The van der Waals surface area contributed by atoms with Gasteiger partial charge in [-0.25, -0.2) is 4.79 Å². The molecule has 0 heterocycles. The Morgan fingerprint density at radius 3 is 2.57 bits per heavy atom. The number of rotatable bonds is 3. The molecule has 0 fully saturated rings. The van der Waals surface area contributed by atoms with Crippen molar-refractivity contribution in [2.45, 2.75) is 13.3 Å². The molecule has 0 bridgehead atoms. The van der Waals surface area contributed by atoms with Crippen molar-refractivity contribution in [2.24, 2.45) is 5.16 Å². The zero-order valence-electron chi connectivity index (χ0n) is 7.80. The lowest BCUT2D eigenvalue weighted by atomic mass is 10.3. The van der Waals surface area contributed by atoms with Gasteiger partial charge in [-0.2, -0.15) is 0 Å². The number of hydrogen-bond acceptors (Lipinski definition) is 4. The van der Waals surface area contributed by atoms with Gasteiger partial charge in [0.05, 0.1) is 0 Å². The summed E-state index contributed by atoms with van der Waals surface area (Å²) in [6.45, 7) is 1.71. The van der Waals surface area contributed by atoms with E-state index in [0.717, 1.165) is 0 Å². The summed E-state index contributed by atoms with van der Waals surface area (Å²) in [4.78, 5) is 11.3. The largest absolute Gasteiger partial charge is 0.422 e. The molecule has 0 atom stereocenters. The highest BCUT2D eigenvalue weighted by atomic mass is 16.5. The normalized spacial score (nSPS) is 11.1. The molecule has 0 amide bonds. The Bertz CT molecular complexity index is 332. The minimum Gasteiger partial charge on any atom is -0.422 e. The summed E-state index contributed by atoms with van der Waals surface area (Å²) in [6, 6.07) is 8.64. The Balaban J connectivity index is 2.66. The summed E-state index contributed by atoms with van der Waals surface area (Å²) in [7, 11) is 0. The molecule has 1 aromatic rings. The quantitative estimate of drug-likeness (QED) is 0.262. The second-order valence-corrected chi connectivity index (χ2v) is 2.60. The molecular formula is C10H11NO3. The lowest BCUT2D eigenvalue weighted by Gasteiger charge is -2.02. The highest BCUT2D eigenvalue weighted by molar-refractivity contribution is 6.36. The van der Waals surface area contributed by atoms with Crippen molar-refractivity contribution in [2.75, 3.05) is 0 Å². The first-order valence-electron chi connectivity index (χ1n) is 4.26. The maximum Gasteiger partial charge on any atom is 0.361 e. The SMILES string of the molecule is CCC(=NO)C(=O)Oc1ccccc1. The Labute approximate surface area is 81.8 Å². The van der Waals surface area contributed by atoms with Crippen LogP contribution in [0.1, 0.15) is 13.3 Å². The summed E-state index contributed by atoms with van der Waals surface area (Å²) in [5.41, 5.74) is 0.00820.